The summed E-state index contributed by atoms with van der Waals surface area (Å²) in [4.78, 5) is 12.7. The van der Waals surface area contributed by atoms with Crippen molar-refractivity contribution < 1.29 is 13.2 Å². The molecule has 3 rings (SSSR count). The van der Waals surface area contributed by atoms with Crippen molar-refractivity contribution in [2.45, 2.75) is 25.7 Å². The number of sulfonamides is 1. The molecule has 29 heavy (non-hydrogen) atoms. The van der Waals surface area contributed by atoms with Crippen LogP contribution in [0.25, 0.3) is 0 Å². The summed E-state index contributed by atoms with van der Waals surface area (Å²) >= 11 is 6.10. The molecule has 7 heteroatoms. The highest BCUT2D eigenvalue weighted by atomic mass is 35.5. The summed E-state index contributed by atoms with van der Waals surface area (Å²) < 4.78 is 28.5. The summed E-state index contributed by atoms with van der Waals surface area (Å²) in [6.45, 7) is 5.38. The van der Waals surface area contributed by atoms with E-state index in [4.69, 9.17) is 11.6 Å². The minimum Gasteiger partial charge on any atom is -0.322 e. The second-order valence-corrected chi connectivity index (χ2v) is 8.88. The second-order valence-electron chi connectivity index (χ2n) is 6.82. The molecular weight excluding hydrogens is 408 g/mol. The number of anilines is 2. The molecule has 3 aromatic rings. The molecule has 0 unspecified atom stereocenters. The summed E-state index contributed by atoms with van der Waals surface area (Å²) in [5.41, 5.74) is 3.51. The highest BCUT2D eigenvalue weighted by Gasteiger charge is 2.20. The fourth-order valence-electron chi connectivity index (χ4n) is 2.79. The van der Waals surface area contributed by atoms with E-state index in [1.54, 1.807) is 49.4 Å². The van der Waals surface area contributed by atoms with Gasteiger partial charge >= 0.3 is 0 Å². The summed E-state index contributed by atoms with van der Waals surface area (Å²) in [5, 5.41) is 3.28. The summed E-state index contributed by atoms with van der Waals surface area (Å²) in [5.74, 6) is -0.419. The zero-order chi connectivity index (χ0) is 21.2. The lowest BCUT2D eigenvalue weighted by Gasteiger charge is -2.14. The maximum Gasteiger partial charge on any atom is 0.262 e. The normalized spacial score (nSPS) is 11.2. The van der Waals surface area contributed by atoms with E-state index in [0.717, 1.165) is 11.1 Å². The first-order valence-corrected chi connectivity index (χ1v) is 10.8. The van der Waals surface area contributed by atoms with Gasteiger partial charge in [-0.05, 0) is 67.8 Å². The molecule has 0 aliphatic heterocycles. The van der Waals surface area contributed by atoms with Crippen LogP contribution in [0.5, 0.6) is 0 Å². The molecule has 0 saturated heterocycles. The van der Waals surface area contributed by atoms with Crippen LogP contribution in [-0.4, -0.2) is 14.3 Å². The Bertz CT molecular complexity index is 1190. The number of halogens is 1. The number of carbonyl (C=O) groups excluding carboxylic acids is 1. The average Bonchev–Trinajstić information content (AvgIpc) is 2.66. The van der Waals surface area contributed by atoms with E-state index in [9.17, 15) is 13.2 Å². The van der Waals surface area contributed by atoms with Crippen LogP contribution in [0.4, 0.5) is 11.4 Å². The Morgan fingerprint density at radius 1 is 0.862 bits per heavy atom. The van der Waals surface area contributed by atoms with Gasteiger partial charge < -0.3 is 5.32 Å². The molecule has 150 valence electrons. The predicted octanol–water partition coefficient (Wildman–Crippen LogP) is 5.32. The van der Waals surface area contributed by atoms with Crippen LogP contribution >= 0.6 is 11.6 Å². The minimum absolute atomic E-state index is 0.0512. The van der Waals surface area contributed by atoms with Gasteiger partial charge in [-0.25, -0.2) is 8.42 Å². The fraction of sp³-hybridized carbons (Fsp3) is 0.136. The van der Waals surface area contributed by atoms with Crippen molar-refractivity contribution in [3.05, 3.63) is 87.9 Å². The maximum atomic E-state index is 12.9. The summed E-state index contributed by atoms with van der Waals surface area (Å²) in [6, 6.07) is 16.9. The third-order valence-corrected chi connectivity index (χ3v) is 6.47. The van der Waals surface area contributed by atoms with Crippen molar-refractivity contribution in [1.29, 1.82) is 0 Å². The standard InChI is InChI=1S/C22H21ClN2O3S/c1-14-9-11-18(13-19(14)23)24-22(26)17-10-8-16(3)21(12-17)29(27,28)25-20-7-5-4-6-15(20)2/h4-13,25H,1-3H3,(H,24,26). The monoisotopic (exact) mass is 428 g/mol. The molecule has 0 spiro atoms. The van der Waals surface area contributed by atoms with Crippen molar-refractivity contribution in [3.8, 4) is 0 Å². The Morgan fingerprint density at radius 3 is 2.24 bits per heavy atom. The Morgan fingerprint density at radius 2 is 1.55 bits per heavy atom. The largest absolute Gasteiger partial charge is 0.322 e. The highest BCUT2D eigenvalue weighted by molar-refractivity contribution is 7.92. The lowest BCUT2D eigenvalue weighted by atomic mass is 10.1. The third-order valence-electron chi connectivity index (χ3n) is 4.56. The number of benzene rings is 3. The maximum absolute atomic E-state index is 12.9. The van der Waals surface area contributed by atoms with Gasteiger partial charge in [-0.2, -0.15) is 0 Å². The number of aryl methyl sites for hydroxylation is 3. The zero-order valence-electron chi connectivity index (χ0n) is 16.3. The lowest BCUT2D eigenvalue weighted by molar-refractivity contribution is 0.102. The van der Waals surface area contributed by atoms with Crippen LogP contribution in [0.15, 0.2) is 65.6 Å². The number of rotatable bonds is 5. The molecule has 0 radical (unpaired) electrons. The van der Waals surface area contributed by atoms with Crippen molar-refractivity contribution >= 4 is 38.9 Å². The molecular formula is C22H21ClN2O3S. The number of carbonyl (C=O) groups is 1. The van der Waals surface area contributed by atoms with Gasteiger partial charge in [0.25, 0.3) is 15.9 Å². The molecule has 0 atom stereocenters. The van der Waals surface area contributed by atoms with Gasteiger partial charge in [-0.15, -0.1) is 0 Å². The van der Waals surface area contributed by atoms with Gasteiger partial charge in [0.2, 0.25) is 0 Å². The first-order valence-electron chi connectivity index (χ1n) is 8.94. The smallest absolute Gasteiger partial charge is 0.262 e. The van der Waals surface area contributed by atoms with E-state index in [2.05, 4.69) is 10.0 Å². The number of nitrogens with one attached hydrogen (secondary N) is 2. The summed E-state index contributed by atoms with van der Waals surface area (Å²) in [7, 11) is -3.86. The van der Waals surface area contributed by atoms with Crippen molar-refractivity contribution in [1.82, 2.24) is 0 Å². The molecule has 3 aromatic carbocycles. The van der Waals surface area contributed by atoms with Crippen LogP contribution in [0.3, 0.4) is 0 Å². The van der Waals surface area contributed by atoms with Gasteiger partial charge in [-0.3, -0.25) is 9.52 Å². The number of para-hydroxylation sites is 1. The first-order chi connectivity index (χ1) is 13.7. The van der Waals surface area contributed by atoms with E-state index in [1.165, 1.54) is 6.07 Å². The van der Waals surface area contributed by atoms with Crippen molar-refractivity contribution in [2.24, 2.45) is 0 Å². The van der Waals surface area contributed by atoms with Gasteiger partial charge in [-0.1, -0.05) is 41.9 Å². The van der Waals surface area contributed by atoms with Crippen molar-refractivity contribution in [3.63, 3.8) is 0 Å². The van der Waals surface area contributed by atoms with Gasteiger partial charge in [0.15, 0.2) is 0 Å². The molecule has 0 saturated carbocycles. The quantitative estimate of drug-likeness (QED) is 0.577. The van der Waals surface area contributed by atoms with Crippen LogP contribution in [0, 0.1) is 20.8 Å². The Kier molecular flexibility index (Phi) is 5.96. The fourth-order valence-corrected chi connectivity index (χ4v) is 4.37. The predicted molar refractivity (Wildman–Crippen MR) is 117 cm³/mol. The molecule has 0 aliphatic carbocycles. The second kappa shape index (κ2) is 8.27. The SMILES string of the molecule is Cc1ccc(NC(=O)c2ccc(C)c(S(=O)(=O)Nc3ccccc3C)c2)cc1Cl. The van der Waals surface area contributed by atoms with E-state index < -0.39 is 15.9 Å². The Balaban J connectivity index is 1.89. The van der Waals surface area contributed by atoms with E-state index >= 15 is 0 Å². The Hall–Kier alpha value is -2.83. The molecule has 0 bridgehead atoms. The average molecular weight is 429 g/mol. The zero-order valence-corrected chi connectivity index (χ0v) is 17.9. The van der Waals surface area contributed by atoms with Gasteiger partial charge in [0.05, 0.1) is 10.6 Å². The lowest BCUT2D eigenvalue weighted by Crippen LogP contribution is -2.17. The van der Waals surface area contributed by atoms with E-state index in [-0.39, 0.29) is 10.5 Å². The van der Waals surface area contributed by atoms with Crippen LogP contribution in [0.2, 0.25) is 5.02 Å². The molecule has 0 heterocycles. The number of hydrogen-bond donors (Lipinski definition) is 2. The number of hydrogen-bond acceptors (Lipinski definition) is 3. The molecule has 2 N–H and O–H groups in total. The highest BCUT2D eigenvalue weighted by Crippen LogP contribution is 2.24. The Labute approximate surface area is 175 Å². The van der Waals surface area contributed by atoms with Crippen LogP contribution in [0.1, 0.15) is 27.0 Å². The minimum atomic E-state index is -3.86. The van der Waals surface area contributed by atoms with Crippen molar-refractivity contribution in [2.75, 3.05) is 10.0 Å². The number of amides is 1. The molecule has 0 aliphatic rings. The molecule has 0 fully saturated rings. The van der Waals surface area contributed by atoms with Crippen LogP contribution in [-0.2, 0) is 10.0 Å². The third kappa shape index (κ3) is 4.78. The molecule has 5 nitrogen and oxygen atoms in total. The van der Waals surface area contributed by atoms with Crippen LogP contribution < -0.4 is 10.0 Å². The molecule has 1 amide bonds. The van der Waals surface area contributed by atoms with Gasteiger partial charge in [0, 0.05) is 16.3 Å². The van der Waals surface area contributed by atoms with Gasteiger partial charge in [0.1, 0.15) is 0 Å². The van der Waals surface area contributed by atoms with E-state index in [1.807, 2.05) is 26.0 Å². The molecule has 0 aromatic heterocycles. The first kappa shape index (κ1) is 20.9. The summed E-state index contributed by atoms with van der Waals surface area (Å²) in [6.07, 6.45) is 0. The van der Waals surface area contributed by atoms with E-state index in [0.29, 0.717) is 22.0 Å². The topological polar surface area (TPSA) is 75.3 Å².